The van der Waals surface area contributed by atoms with Crippen LogP contribution in [0.3, 0.4) is 0 Å². The number of carbonyl (C=O) groups excluding carboxylic acids is 3. The lowest BCUT2D eigenvalue weighted by Gasteiger charge is -2.13. The minimum absolute atomic E-state index is 0.290. The SMILES string of the molecule is CCNC(=O)[C@H](C)NC(=O)COC(=O)COc1ccc(C)c(C)c1. The lowest BCUT2D eigenvalue weighted by Crippen LogP contribution is -2.46. The molecule has 0 heterocycles. The van der Waals surface area contributed by atoms with Gasteiger partial charge in [0.2, 0.25) is 5.91 Å². The van der Waals surface area contributed by atoms with Gasteiger partial charge >= 0.3 is 5.97 Å². The number of amides is 2. The van der Waals surface area contributed by atoms with Crippen LogP contribution in [0.25, 0.3) is 0 Å². The zero-order valence-corrected chi connectivity index (χ0v) is 14.5. The Bertz CT molecular complexity index is 601. The molecule has 0 saturated heterocycles. The maximum absolute atomic E-state index is 11.6. The van der Waals surface area contributed by atoms with E-state index in [0.717, 1.165) is 11.1 Å². The van der Waals surface area contributed by atoms with E-state index in [1.165, 1.54) is 0 Å². The molecule has 0 radical (unpaired) electrons. The summed E-state index contributed by atoms with van der Waals surface area (Å²) >= 11 is 0. The molecule has 2 amide bonds. The molecule has 1 rings (SSSR count). The van der Waals surface area contributed by atoms with E-state index in [1.807, 2.05) is 26.0 Å². The van der Waals surface area contributed by atoms with Gasteiger partial charge in [0.25, 0.3) is 5.91 Å². The Morgan fingerprint density at radius 3 is 2.46 bits per heavy atom. The lowest BCUT2D eigenvalue weighted by molar-refractivity contribution is -0.150. The molecule has 0 bridgehead atoms. The van der Waals surface area contributed by atoms with E-state index in [2.05, 4.69) is 10.6 Å². The van der Waals surface area contributed by atoms with E-state index in [0.29, 0.717) is 12.3 Å². The zero-order chi connectivity index (χ0) is 18.1. The number of likely N-dealkylation sites (N-methyl/N-ethyl adjacent to an activating group) is 1. The Hall–Kier alpha value is -2.57. The highest BCUT2D eigenvalue weighted by molar-refractivity contribution is 5.88. The van der Waals surface area contributed by atoms with Crippen LogP contribution < -0.4 is 15.4 Å². The summed E-state index contributed by atoms with van der Waals surface area (Å²) in [5.41, 5.74) is 2.18. The summed E-state index contributed by atoms with van der Waals surface area (Å²) in [5.74, 6) is -0.943. The Morgan fingerprint density at radius 2 is 1.83 bits per heavy atom. The molecule has 7 nitrogen and oxygen atoms in total. The van der Waals surface area contributed by atoms with Gasteiger partial charge in [0.05, 0.1) is 0 Å². The van der Waals surface area contributed by atoms with Crippen molar-refractivity contribution in [1.82, 2.24) is 10.6 Å². The largest absolute Gasteiger partial charge is 0.482 e. The fourth-order valence-corrected chi connectivity index (χ4v) is 1.81. The minimum atomic E-state index is -0.692. The van der Waals surface area contributed by atoms with Gasteiger partial charge in [0.1, 0.15) is 11.8 Å². The molecule has 0 fully saturated rings. The number of rotatable bonds is 8. The second-order valence-corrected chi connectivity index (χ2v) is 5.38. The van der Waals surface area contributed by atoms with Crippen LogP contribution in [0.15, 0.2) is 18.2 Å². The highest BCUT2D eigenvalue weighted by Gasteiger charge is 2.16. The van der Waals surface area contributed by atoms with Crippen LogP contribution in [-0.2, 0) is 19.1 Å². The molecular formula is C17H24N2O5. The van der Waals surface area contributed by atoms with Crippen LogP contribution in [-0.4, -0.2) is 43.6 Å². The highest BCUT2D eigenvalue weighted by atomic mass is 16.6. The fraction of sp³-hybridized carbons (Fsp3) is 0.471. The predicted octanol–water partition coefficient (Wildman–Crippen LogP) is 0.866. The van der Waals surface area contributed by atoms with Crippen LogP contribution in [0.5, 0.6) is 5.75 Å². The molecule has 0 unspecified atom stereocenters. The van der Waals surface area contributed by atoms with E-state index >= 15 is 0 Å². The molecule has 1 atom stereocenters. The van der Waals surface area contributed by atoms with Gasteiger partial charge in [0.15, 0.2) is 13.2 Å². The maximum atomic E-state index is 11.6. The summed E-state index contributed by atoms with van der Waals surface area (Å²) in [6, 6.07) is 4.79. The van der Waals surface area contributed by atoms with E-state index in [4.69, 9.17) is 9.47 Å². The normalized spacial score (nSPS) is 11.3. The number of nitrogens with one attached hydrogen (secondary N) is 2. The molecule has 0 aliphatic carbocycles. The number of benzene rings is 1. The third-order valence-corrected chi connectivity index (χ3v) is 3.32. The lowest BCUT2D eigenvalue weighted by atomic mass is 10.1. The summed E-state index contributed by atoms with van der Waals surface area (Å²) < 4.78 is 10.1. The van der Waals surface area contributed by atoms with Crippen molar-refractivity contribution in [2.75, 3.05) is 19.8 Å². The van der Waals surface area contributed by atoms with Gasteiger partial charge in [-0.25, -0.2) is 4.79 Å². The second kappa shape index (κ2) is 9.54. The van der Waals surface area contributed by atoms with Crippen molar-refractivity contribution < 1.29 is 23.9 Å². The molecule has 0 aromatic heterocycles. The highest BCUT2D eigenvalue weighted by Crippen LogP contribution is 2.16. The van der Waals surface area contributed by atoms with Crippen LogP contribution in [0.4, 0.5) is 0 Å². The molecule has 132 valence electrons. The Labute approximate surface area is 141 Å². The third-order valence-electron chi connectivity index (χ3n) is 3.32. The quantitative estimate of drug-likeness (QED) is 0.687. The topological polar surface area (TPSA) is 93.7 Å². The molecule has 1 aromatic rings. The molecule has 0 spiro atoms. The molecule has 24 heavy (non-hydrogen) atoms. The van der Waals surface area contributed by atoms with E-state index < -0.39 is 24.5 Å². The maximum Gasteiger partial charge on any atom is 0.344 e. The summed E-state index contributed by atoms with van der Waals surface area (Å²) in [4.78, 5) is 34.7. The van der Waals surface area contributed by atoms with Gasteiger partial charge in [-0.2, -0.15) is 0 Å². The number of aryl methyl sites for hydroxylation is 2. The first kappa shape index (κ1) is 19.5. The van der Waals surface area contributed by atoms with Crippen molar-refractivity contribution in [2.24, 2.45) is 0 Å². The van der Waals surface area contributed by atoms with Crippen molar-refractivity contribution in [2.45, 2.75) is 33.7 Å². The molecular weight excluding hydrogens is 312 g/mol. The minimum Gasteiger partial charge on any atom is -0.482 e. The number of ether oxygens (including phenoxy) is 2. The first-order valence-corrected chi connectivity index (χ1v) is 7.76. The zero-order valence-electron chi connectivity index (χ0n) is 14.5. The molecule has 7 heteroatoms. The van der Waals surface area contributed by atoms with Gasteiger partial charge in [-0.05, 0) is 51.0 Å². The monoisotopic (exact) mass is 336 g/mol. The first-order valence-electron chi connectivity index (χ1n) is 7.76. The van der Waals surface area contributed by atoms with E-state index in [9.17, 15) is 14.4 Å². The molecule has 2 N–H and O–H groups in total. The fourth-order valence-electron chi connectivity index (χ4n) is 1.81. The Balaban J connectivity index is 2.31. The second-order valence-electron chi connectivity index (χ2n) is 5.38. The standard InChI is InChI=1S/C17H24N2O5/c1-5-18-17(22)13(4)19-15(20)9-24-16(21)10-23-14-7-6-11(2)12(3)8-14/h6-8,13H,5,9-10H2,1-4H3,(H,18,22)(H,19,20)/t13-/m0/s1. The smallest absolute Gasteiger partial charge is 0.344 e. The summed E-state index contributed by atoms with van der Waals surface area (Å²) in [5, 5.41) is 5.02. The summed E-state index contributed by atoms with van der Waals surface area (Å²) in [6.45, 7) is 6.98. The molecule has 0 aliphatic heterocycles. The Morgan fingerprint density at radius 1 is 1.12 bits per heavy atom. The molecule has 0 aliphatic rings. The van der Waals surface area contributed by atoms with Crippen molar-refractivity contribution in [1.29, 1.82) is 0 Å². The van der Waals surface area contributed by atoms with Crippen LogP contribution >= 0.6 is 0 Å². The van der Waals surface area contributed by atoms with Crippen LogP contribution in [0.1, 0.15) is 25.0 Å². The van der Waals surface area contributed by atoms with Gasteiger partial charge in [0, 0.05) is 6.54 Å². The first-order chi connectivity index (χ1) is 11.3. The van der Waals surface area contributed by atoms with Crippen LogP contribution in [0, 0.1) is 13.8 Å². The van der Waals surface area contributed by atoms with Crippen LogP contribution in [0.2, 0.25) is 0 Å². The van der Waals surface area contributed by atoms with Gasteiger partial charge in [-0.15, -0.1) is 0 Å². The number of carbonyl (C=O) groups is 3. The average Bonchev–Trinajstić information content (AvgIpc) is 2.54. The number of hydrogen-bond acceptors (Lipinski definition) is 5. The van der Waals surface area contributed by atoms with Crippen molar-refractivity contribution >= 4 is 17.8 Å². The van der Waals surface area contributed by atoms with Gasteiger partial charge in [-0.1, -0.05) is 6.07 Å². The summed E-state index contributed by atoms with van der Waals surface area (Å²) in [7, 11) is 0. The van der Waals surface area contributed by atoms with Gasteiger partial charge in [-0.3, -0.25) is 9.59 Å². The molecule has 0 saturated carbocycles. The number of esters is 1. The summed E-state index contributed by atoms with van der Waals surface area (Å²) in [6.07, 6.45) is 0. The van der Waals surface area contributed by atoms with Crippen molar-refractivity contribution in [3.8, 4) is 5.75 Å². The van der Waals surface area contributed by atoms with Crippen molar-refractivity contribution in [3.63, 3.8) is 0 Å². The average molecular weight is 336 g/mol. The molecule has 1 aromatic carbocycles. The third kappa shape index (κ3) is 6.68. The predicted molar refractivity (Wildman–Crippen MR) is 88.7 cm³/mol. The number of hydrogen-bond donors (Lipinski definition) is 2. The van der Waals surface area contributed by atoms with E-state index in [1.54, 1.807) is 19.9 Å². The Kier molecular flexibility index (Phi) is 7.74. The van der Waals surface area contributed by atoms with Gasteiger partial charge < -0.3 is 20.1 Å². The van der Waals surface area contributed by atoms with E-state index in [-0.39, 0.29) is 12.5 Å². The van der Waals surface area contributed by atoms with Crippen molar-refractivity contribution in [3.05, 3.63) is 29.3 Å².